The maximum Gasteiger partial charge on any atom is 0.501 e. The molecule has 0 N–H and O–H groups in total. The summed E-state index contributed by atoms with van der Waals surface area (Å²) in [7, 11) is 1.83. The van der Waals surface area contributed by atoms with Crippen LogP contribution < -0.4 is 0 Å². The highest BCUT2D eigenvalue weighted by Gasteiger charge is 2.67. The van der Waals surface area contributed by atoms with Crippen molar-refractivity contribution in [2.45, 2.75) is 12.5 Å². The van der Waals surface area contributed by atoms with Crippen LogP contribution in [0.2, 0.25) is 6.04 Å². The Hall–Kier alpha value is -1.02. The van der Waals surface area contributed by atoms with Crippen LogP contribution in [-0.4, -0.2) is 42.1 Å². The summed E-state index contributed by atoms with van der Waals surface area (Å²) in [4.78, 5) is 23.8. The van der Waals surface area contributed by atoms with Gasteiger partial charge in [0.2, 0.25) is 0 Å². The lowest BCUT2D eigenvalue weighted by molar-refractivity contribution is -0.155. The minimum atomic E-state index is -2.83. The summed E-state index contributed by atoms with van der Waals surface area (Å²) < 4.78 is 21.3. The molecule has 0 aromatic heterocycles. The van der Waals surface area contributed by atoms with Crippen LogP contribution in [0.25, 0.3) is 0 Å². The van der Waals surface area contributed by atoms with Gasteiger partial charge in [0.05, 0.1) is 11.8 Å². The van der Waals surface area contributed by atoms with Crippen LogP contribution >= 0.6 is 0 Å². The van der Waals surface area contributed by atoms with Gasteiger partial charge in [0, 0.05) is 32.8 Å². The molecule has 1 saturated carbocycles. The molecule has 1 heterocycles. The normalized spacial score (nSPS) is 38.5. The molecule has 1 aliphatic heterocycles. The van der Waals surface area contributed by atoms with Crippen molar-refractivity contribution < 1.29 is 27.6 Å². The van der Waals surface area contributed by atoms with E-state index in [1.54, 1.807) is 21.3 Å². The van der Waals surface area contributed by atoms with Gasteiger partial charge in [0.25, 0.3) is 0 Å². The Morgan fingerprint density at radius 2 is 1.90 bits per heavy atom. The number of rotatable bonds is 5. The van der Waals surface area contributed by atoms with E-state index >= 15 is 0 Å². The number of ether oxygens (including phenoxy) is 1. The molecule has 0 aromatic rings. The molecule has 20 heavy (non-hydrogen) atoms. The van der Waals surface area contributed by atoms with Crippen molar-refractivity contribution in [1.29, 1.82) is 0 Å². The van der Waals surface area contributed by atoms with E-state index in [1.807, 2.05) is 12.2 Å². The van der Waals surface area contributed by atoms with Crippen LogP contribution in [0.4, 0.5) is 0 Å². The molecule has 2 aliphatic carbocycles. The first-order chi connectivity index (χ1) is 9.51. The van der Waals surface area contributed by atoms with Crippen LogP contribution in [0.15, 0.2) is 12.2 Å². The molecule has 1 saturated heterocycles. The lowest BCUT2D eigenvalue weighted by Crippen LogP contribution is -2.48. The van der Waals surface area contributed by atoms with Crippen molar-refractivity contribution in [3.05, 3.63) is 12.2 Å². The topological polar surface area (TPSA) is 71.1 Å². The quantitative estimate of drug-likeness (QED) is 0.323. The number of fused-ring (bicyclic) bond motifs is 5. The Labute approximate surface area is 118 Å². The largest absolute Gasteiger partial charge is 0.501 e. The lowest BCUT2D eigenvalue weighted by Gasteiger charge is -2.35. The summed E-state index contributed by atoms with van der Waals surface area (Å²) in [5, 5.41) is 0. The Balaban J connectivity index is 1.95. The maximum atomic E-state index is 12.0. The number of allylic oxidation sites excluding steroid dienone is 2. The van der Waals surface area contributed by atoms with Crippen LogP contribution in [0.3, 0.4) is 0 Å². The summed E-state index contributed by atoms with van der Waals surface area (Å²) in [6.45, 7) is 0. The number of hydrogen-bond acceptors (Lipinski definition) is 6. The Kier molecular flexibility index (Phi) is 3.13. The van der Waals surface area contributed by atoms with Crippen molar-refractivity contribution in [2.75, 3.05) is 21.3 Å². The minimum Gasteiger partial charge on any atom is -0.393 e. The third-order valence-corrected chi connectivity index (χ3v) is 7.89. The molecule has 2 fully saturated rings. The van der Waals surface area contributed by atoms with Gasteiger partial charge in [-0.3, -0.25) is 9.59 Å². The van der Waals surface area contributed by atoms with Crippen molar-refractivity contribution in [3.63, 3.8) is 0 Å². The number of cyclic esters (lactones) is 2. The summed E-state index contributed by atoms with van der Waals surface area (Å²) in [6.07, 6.45) is 4.80. The zero-order chi connectivity index (χ0) is 14.5. The van der Waals surface area contributed by atoms with Crippen LogP contribution in [-0.2, 0) is 27.6 Å². The van der Waals surface area contributed by atoms with Gasteiger partial charge in [-0.05, 0) is 12.3 Å². The van der Waals surface area contributed by atoms with Gasteiger partial charge in [-0.1, -0.05) is 12.2 Å². The SMILES string of the molecule is CO[Si](CC12C=CC(C1)C1C(=O)OC(=O)C12)(OC)OC. The molecule has 0 aromatic carbocycles. The predicted molar refractivity (Wildman–Crippen MR) is 69.3 cm³/mol. The van der Waals surface area contributed by atoms with E-state index in [-0.39, 0.29) is 11.8 Å². The van der Waals surface area contributed by atoms with E-state index in [4.69, 9.17) is 18.0 Å². The highest BCUT2D eigenvalue weighted by Crippen LogP contribution is 2.62. The van der Waals surface area contributed by atoms with Gasteiger partial charge >= 0.3 is 20.7 Å². The molecule has 7 heteroatoms. The second-order valence-corrected chi connectivity index (χ2v) is 8.62. The Bertz CT molecular complexity index is 477. The highest BCUT2D eigenvalue weighted by atomic mass is 28.4. The van der Waals surface area contributed by atoms with E-state index < -0.39 is 32.1 Å². The summed E-state index contributed by atoms with van der Waals surface area (Å²) >= 11 is 0. The molecule has 4 unspecified atom stereocenters. The fourth-order valence-corrected chi connectivity index (χ4v) is 6.23. The smallest absolute Gasteiger partial charge is 0.393 e. The van der Waals surface area contributed by atoms with E-state index in [9.17, 15) is 9.59 Å². The van der Waals surface area contributed by atoms with E-state index in [0.29, 0.717) is 6.04 Å². The van der Waals surface area contributed by atoms with Gasteiger partial charge in [0.15, 0.2) is 0 Å². The first-order valence-electron chi connectivity index (χ1n) is 6.61. The zero-order valence-corrected chi connectivity index (χ0v) is 12.8. The molecule has 0 spiro atoms. The molecule has 110 valence electrons. The van der Waals surface area contributed by atoms with Crippen molar-refractivity contribution in [1.82, 2.24) is 0 Å². The first-order valence-corrected chi connectivity index (χ1v) is 8.54. The number of carbonyl (C=O) groups excluding carboxylic acids is 2. The molecule has 4 atom stereocenters. The summed E-state index contributed by atoms with van der Waals surface area (Å²) in [5.41, 5.74) is -0.438. The van der Waals surface area contributed by atoms with Gasteiger partial charge < -0.3 is 18.0 Å². The van der Waals surface area contributed by atoms with Gasteiger partial charge in [-0.2, -0.15) is 0 Å². The fourth-order valence-electron chi connectivity index (χ4n) is 4.01. The Morgan fingerprint density at radius 3 is 2.50 bits per heavy atom. The molecular formula is C13H18O6Si. The van der Waals surface area contributed by atoms with E-state index in [1.165, 1.54) is 0 Å². The molecule has 3 rings (SSSR count). The van der Waals surface area contributed by atoms with Crippen molar-refractivity contribution in [3.8, 4) is 0 Å². The maximum absolute atomic E-state index is 12.0. The second-order valence-electron chi connectivity index (χ2n) is 5.68. The molecule has 0 radical (unpaired) electrons. The average molecular weight is 298 g/mol. The predicted octanol–water partition coefficient (Wildman–Crippen LogP) is 0.756. The number of hydrogen-bond donors (Lipinski definition) is 0. The third kappa shape index (κ3) is 1.67. The van der Waals surface area contributed by atoms with Crippen LogP contribution in [0, 0.1) is 23.2 Å². The first kappa shape index (κ1) is 13.9. The minimum absolute atomic E-state index is 0.0798. The van der Waals surface area contributed by atoms with Gasteiger partial charge in [0.1, 0.15) is 0 Å². The number of carbonyl (C=O) groups is 2. The van der Waals surface area contributed by atoms with E-state index in [2.05, 4.69) is 0 Å². The fraction of sp³-hybridized carbons (Fsp3) is 0.692. The highest BCUT2D eigenvalue weighted by molar-refractivity contribution is 6.60. The van der Waals surface area contributed by atoms with Crippen LogP contribution in [0.5, 0.6) is 0 Å². The summed E-state index contributed by atoms with van der Waals surface area (Å²) in [5.74, 6) is -1.49. The van der Waals surface area contributed by atoms with Crippen molar-refractivity contribution >= 4 is 20.7 Å². The van der Waals surface area contributed by atoms with Crippen molar-refractivity contribution in [2.24, 2.45) is 23.2 Å². The molecule has 0 amide bonds. The molecule has 6 nitrogen and oxygen atoms in total. The lowest BCUT2D eigenvalue weighted by atomic mass is 9.76. The second kappa shape index (κ2) is 4.49. The molecule has 2 bridgehead atoms. The van der Waals surface area contributed by atoms with E-state index in [0.717, 1.165) is 6.42 Å². The molecular weight excluding hydrogens is 280 g/mol. The summed E-state index contributed by atoms with van der Waals surface area (Å²) in [6, 6.07) is 0.486. The average Bonchev–Trinajstić information content (AvgIpc) is 3.08. The zero-order valence-electron chi connectivity index (χ0n) is 11.8. The van der Waals surface area contributed by atoms with Gasteiger partial charge in [-0.15, -0.1) is 0 Å². The van der Waals surface area contributed by atoms with Gasteiger partial charge in [-0.25, -0.2) is 0 Å². The van der Waals surface area contributed by atoms with Crippen LogP contribution in [0.1, 0.15) is 6.42 Å². The third-order valence-electron chi connectivity index (χ3n) is 4.94. The molecule has 3 aliphatic rings. The standard InChI is InChI=1S/C13H18O6Si/c1-16-20(17-2,18-3)7-13-5-4-8(6-13)9-10(13)12(15)19-11(9)14/h4-5,8-10H,6-7H2,1-3H3. The Morgan fingerprint density at radius 1 is 1.25 bits per heavy atom. The number of esters is 2. The monoisotopic (exact) mass is 298 g/mol.